The molecule has 3 aromatic rings. The van der Waals surface area contributed by atoms with Crippen LogP contribution >= 0.6 is 0 Å². The Morgan fingerprint density at radius 1 is 1.14 bits per heavy atom. The van der Waals surface area contributed by atoms with Gasteiger partial charge in [0.15, 0.2) is 0 Å². The molecule has 0 bridgehead atoms. The van der Waals surface area contributed by atoms with Crippen LogP contribution in [0.1, 0.15) is 34.5 Å². The van der Waals surface area contributed by atoms with Gasteiger partial charge in [-0.25, -0.2) is 4.98 Å². The molecule has 4 heterocycles. The van der Waals surface area contributed by atoms with Gasteiger partial charge in [0.05, 0.1) is 29.5 Å². The Bertz CT molecular complexity index is 1260. The summed E-state index contributed by atoms with van der Waals surface area (Å²) in [6, 6.07) is 9.26. The van der Waals surface area contributed by atoms with Crippen LogP contribution < -0.4 is 9.64 Å². The van der Waals surface area contributed by atoms with Gasteiger partial charge in [-0.3, -0.25) is 9.48 Å². The second kappa shape index (κ2) is 9.86. The molecule has 0 atom stereocenters. The molecular formula is C27H37N5O3Si. The maximum Gasteiger partial charge on any atom is 0.257 e. The second-order valence-electron chi connectivity index (χ2n) is 11.3. The molecule has 1 amide bonds. The quantitative estimate of drug-likeness (QED) is 0.328. The van der Waals surface area contributed by atoms with Crippen LogP contribution in [0.5, 0.6) is 5.75 Å². The molecule has 0 radical (unpaired) electrons. The van der Waals surface area contributed by atoms with Gasteiger partial charge >= 0.3 is 0 Å². The van der Waals surface area contributed by atoms with Crippen molar-refractivity contribution >= 4 is 30.7 Å². The number of hydrogen-bond donors (Lipinski definition) is 0. The Morgan fingerprint density at radius 3 is 2.67 bits per heavy atom. The molecule has 1 saturated heterocycles. The van der Waals surface area contributed by atoms with Crippen molar-refractivity contribution < 1.29 is 14.3 Å². The highest BCUT2D eigenvalue weighted by atomic mass is 28.3. The molecule has 36 heavy (non-hydrogen) atoms. The van der Waals surface area contributed by atoms with E-state index in [1.54, 1.807) is 4.90 Å². The van der Waals surface area contributed by atoms with Crippen LogP contribution in [0.15, 0.2) is 30.5 Å². The summed E-state index contributed by atoms with van der Waals surface area (Å²) in [4.78, 5) is 22.0. The van der Waals surface area contributed by atoms with Crippen molar-refractivity contribution in [3.8, 4) is 5.75 Å². The molecule has 9 heteroatoms. The van der Waals surface area contributed by atoms with Gasteiger partial charge in [0.25, 0.3) is 5.91 Å². The maximum atomic E-state index is 12.9. The summed E-state index contributed by atoms with van der Waals surface area (Å²) in [5.74, 6) is 1.91. The predicted molar refractivity (Wildman–Crippen MR) is 144 cm³/mol. The summed E-state index contributed by atoms with van der Waals surface area (Å²) in [5.41, 5.74) is 3.72. The average Bonchev–Trinajstić information content (AvgIpc) is 3.35. The van der Waals surface area contributed by atoms with Gasteiger partial charge < -0.3 is 19.3 Å². The van der Waals surface area contributed by atoms with E-state index in [4.69, 9.17) is 14.5 Å². The van der Waals surface area contributed by atoms with E-state index in [2.05, 4.69) is 48.7 Å². The number of aryl methyl sites for hydroxylation is 2. The van der Waals surface area contributed by atoms with Crippen LogP contribution in [0.3, 0.4) is 0 Å². The summed E-state index contributed by atoms with van der Waals surface area (Å²) in [7, 11) is 0.804. The van der Waals surface area contributed by atoms with E-state index in [1.807, 2.05) is 30.1 Å². The molecular weight excluding hydrogens is 470 g/mol. The van der Waals surface area contributed by atoms with Crippen LogP contribution in [-0.4, -0.2) is 66.2 Å². The van der Waals surface area contributed by atoms with Gasteiger partial charge in [-0.2, -0.15) is 5.10 Å². The van der Waals surface area contributed by atoms with E-state index in [9.17, 15) is 4.79 Å². The number of pyridine rings is 1. The largest absolute Gasteiger partial charge is 0.490 e. The maximum absolute atomic E-state index is 12.9. The molecule has 2 aliphatic rings. The minimum absolute atomic E-state index is 0.0258. The van der Waals surface area contributed by atoms with Crippen molar-refractivity contribution in [2.75, 3.05) is 31.3 Å². The minimum atomic E-state index is -1.14. The van der Waals surface area contributed by atoms with Crippen molar-refractivity contribution in [2.45, 2.75) is 58.1 Å². The normalized spacial score (nSPS) is 16.8. The Morgan fingerprint density at radius 2 is 1.92 bits per heavy atom. The third-order valence-electron chi connectivity index (χ3n) is 7.13. The Kier molecular flexibility index (Phi) is 6.78. The van der Waals surface area contributed by atoms with Gasteiger partial charge in [-0.05, 0) is 42.8 Å². The number of rotatable bonds is 8. The molecule has 8 nitrogen and oxygen atoms in total. The molecule has 5 rings (SSSR count). The average molecular weight is 508 g/mol. The Hall–Kier alpha value is -2.91. The number of nitrogens with zero attached hydrogens (tertiary/aromatic N) is 5. The van der Waals surface area contributed by atoms with Gasteiger partial charge in [-0.15, -0.1) is 0 Å². The third kappa shape index (κ3) is 5.27. The third-order valence-corrected chi connectivity index (χ3v) is 8.83. The summed E-state index contributed by atoms with van der Waals surface area (Å²) < 4.78 is 14.0. The zero-order valence-electron chi connectivity index (χ0n) is 22.1. The molecule has 0 unspecified atom stereocenters. The SMILES string of the molecule is Cc1cc2c(nc1N1CCC(Oc3ccc4c(cnn4C)c3)CC1)CN(COCC[Si](C)(C)C)C2=O. The number of hydrogen-bond acceptors (Lipinski definition) is 6. The highest BCUT2D eigenvalue weighted by molar-refractivity contribution is 6.76. The Balaban J connectivity index is 1.18. The topological polar surface area (TPSA) is 72.7 Å². The van der Waals surface area contributed by atoms with E-state index >= 15 is 0 Å². The second-order valence-corrected chi connectivity index (χ2v) is 16.9. The molecule has 0 spiro atoms. The lowest BCUT2D eigenvalue weighted by Gasteiger charge is -2.34. The smallest absolute Gasteiger partial charge is 0.257 e. The summed E-state index contributed by atoms with van der Waals surface area (Å²) in [6.45, 7) is 12.4. The van der Waals surface area contributed by atoms with E-state index in [0.717, 1.165) is 65.7 Å². The van der Waals surface area contributed by atoms with E-state index in [1.165, 1.54) is 0 Å². The zero-order chi connectivity index (χ0) is 25.4. The van der Waals surface area contributed by atoms with Gasteiger partial charge in [-0.1, -0.05) is 19.6 Å². The number of amides is 1. The van der Waals surface area contributed by atoms with Gasteiger partial charge in [0.1, 0.15) is 24.4 Å². The molecule has 192 valence electrons. The molecule has 1 fully saturated rings. The molecule has 0 aliphatic carbocycles. The minimum Gasteiger partial charge on any atom is -0.490 e. The number of carbonyl (C=O) groups excluding carboxylic acids is 1. The van der Waals surface area contributed by atoms with Crippen molar-refractivity contribution in [2.24, 2.45) is 7.05 Å². The highest BCUT2D eigenvalue weighted by Gasteiger charge is 2.31. The van der Waals surface area contributed by atoms with Crippen molar-refractivity contribution in [3.63, 3.8) is 0 Å². The summed E-state index contributed by atoms with van der Waals surface area (Å²) in [6.07, 6.45) is 3.91. The number of fused-ring (bicyclic) bond motifs is 2. The number of anilines is 1. The fourth-order valence-corrected chi connectivity index (χ4v) is 5.70. The first-order chi connectivity index (χ1) is 17.2. The first kappa shape index (κ1) is 24.8. The number of ether oxygens (including phenoxy) is 2. The summed E-state index contributed by atoms with van der Waals surface area (Å²) in [5, 5.41) is 5.41. The molecule has 0 saturated carbocycles. The zero-order valence-corrected chi connectivity index (χ0v) is 23.1. The van der Waals surface area contributed by atoms with Gasteiger partial charge in [0.2, 0.25) is 0 Å². The van der Waals surface area contributed by atoms with Crippen LogP contribution in [0, 0.1) is 6.92 Å². The lowest BCUT2D eigenvalue weighted by atomic mass is 10.1. The molecule has 2 aromatic heterocycles. The fourth-order valence-electron chi connectivity index (χ4n) is 4.94. The van der Waals surface area contributed by atoms with Crippen LogP contribution in [0.2, 0.25) is 25.7 Å². The van der Waals surface area contributed by atoms with E-state index in [-0.39, 0.29) is 12.0 Å². The number of aromatic nitrogens is 3. The van der Waals surface area contributed by atoms with Crippen LogP contribution in [-0.2, 0) is 18.3 Å². The first-order valence-corrected chi connectivity index (χ1v) is 16.6. The highest BCUT2D eigenvalue weighted by Crippen LogP contribution is 2.30. The van der Waals surface area contributed by atoms with Crippen LogP contribution in [0.4, 0.5) is 5.82 Å². The molecule has 2 aliphatic heterocycles. The number of carbonyl (C=O) groups is 1. The lowest BCUT2D eigenvalue weighted by molar-refractivity contribution is 0.0295. The lowest BCUT2D eigenvalue weighted by Crippen LogP contribution is -2.39. The van der Waals surface area contributed by atoms with Crippen molar-refractivity contribution in [1.29, 1.82) is 0 Å². The number of piperidine rings is 1. The number of benzene rings is 1. The summed E-state index contributed by atoms with van der Waals surface area (Å²) >= 11 is 0. The van der Waals surface area contributed by atoms with E-state index < -0.39 is 8.07 Å². The predicted octanol–water partition coefficient (Wildman–Crippen LogP) is 4.59. The van der Waals surface area contributed by atoms with E-state index in [0.29, 0.717) is 25.4 Å². The monoisotopic (exact) mass is 507 g/mol. The molecule has 0 N–H and O–H groups in total. The molecule has 1 aromatic carbocycles. The van der Waals surface area contributed by atoms with Crippen molar-refractivity contribution in [1.82, 2.24) is 19.7 Å². The fraction of sp³-hybridized carbons (Fsp3) is 0.519. The Labute approximate surface area is 214 Å². The van der Waals surface area contributed by atoms with Gasteiger partial charge in [0, 0.05) is 53.0 Å². The van der Waals surface area contributed by atoms with Crippen molar-refractivity contribution in [3.05, 3.63) is 47.3 Å². The standard InChI is InChI=1S/C27H37N5O3Si/c1-19-14-23-24(17-32(27(23)33)18-34-12-13-36(3,4)5)29-26(19)31-10-8-21(9-11-31)35-22-6-7-25-20(15-22)16-28-30(25)2/h6-7,14-16,21H,8-13,17-18H2,1-5H3. The first-order valence-electron chi connectivity index (χ1n) is 12.9. The van der Waals surface area contributed by atoms with Crippen LogP contribution in [0.25, 0.3) is 10.9 Å².